The van der Waals surface area contributed by atoms with Crippen LogP contribution in [0.1, 0.15) is 27.2 Å². The van der Waals surface area contributed by atoms with Crippen molar-refractivity contribution in [2.24, 2.45) is 0 Å². The third-order valence-electron chi connectivity index (χ3n) is 1.86. The highest BCUT2D eigenvalue weighted by molar-refractivity contribution is 5.22. The van der Waals surface area contributed by atoms with Crippen LogP contribution in [0, 0.1) is 0 Å². The molecule has 0 fully saturated rings. The SMILES string of the molecule is C=CC=CC=CCC=C(C)C=CC=C(C)C. The average Bonchev–Trinajstić information content (AvgIpc) is 2.22. The Labute approximate surface area is 100 Å². The van der Waals surface area contributed by atoms with E-state index in [-0.39, 0.29) is 0 Å². The summed E-state index contributed by atoms with van der Waals surface area (Å²) in [5.41, 5.74) is 2.60. The van der Waals surface area contributed by atoms with E-state index < -0.39 is 0 Å². The Morgan fingerprint density at radius 3 is 2.38 bits per heavy atom. The van der Waals surface area contributed by atoms with Gasteiger partial charge >= 0.3 is 0 Å². The molecule has 0 aromatic rings. The van der Waals surface area contributed by atoms with Gasteiger partial charge < -0.3 is 0 Å². The van der Waals surface area contributed by atoms with Crippen LogP contribution in [-0.2, 0) is 0 Å². The highest BCUT2D eigenvalue weighted by Crippen LogP contribution is 2.00. The summed E-state index contributed by atoms with van der Waals surface area (Å²) in [5.74, 6) is 0. The summed E-state index contributed by atoms with van der Waals surface area (Å²) in [6.07, 6.45) is 19.3. The normalized spacial score (nSPS) is 12.8. The van der Waals surface area contributed by atoms with Crippen LogP contribution in [0.3, 0.4) is 0 Å². The highest BCUT2D eigenvalue weighted by Gasteiger charge is 1.79. The molecule has 0 spiro atoms. The molecule has 0 N–H and O–H groups in total. The van der Waals surface area contributed by atoms with Crippen molar-refractivity contribution < 1.29 is 0 Å². The molecule has 0 nitrogen and oxygen atoms in total. The summed E-state index contributed by atoms with van der Waals surface area (Å²) in [6, 6.07) is 0. The Balaban J connectivity index is 4.00. The van der Waals surface area contributed by atoms with Crippen LogP contribution in [0.25, 0.3) is 0 Å². The smallest absolute Gasteiger partial charge is 0.0160 e. The summed E-state index contributed by atoms with van der Waals surface area (Å²) in [6.45, 7) is 9.91. The van der Waals surface area contributed by atoms with Gasteiger partial charge in [-0.25, -0.2) is 0 Å². The van der Waals surface area contributed by atoms with Crippen molar-refractivity contribution >= 4 is 0 Å². The van der Waals surface area contributed by atoms with Gasteiger partial charge in [-0.3, -0.25) is 0 Å². The first-order valence-corrected chi connectivity index (χ1v) is 5.59. The molecule has 0 aliphatic rings. The largest absolute Gasteiger partial charge is 0.0991 e. The fourth-order valence-corrected chi connectivity index (χ4v) is 1.01. The fourth-order valence-electron chi connectivity index (χ4n) is 1.01. The van der Waals surface area contributed by atoms with Gasteiger partial charge in [-0.2, -0.15) is 0 Å². The minimum atomic E-state index is 0.965. The van der Waals surface area contributed by atoms with Crippen molar-refractivity contribution in [1.82, 2.24) is 0 Å². The van der Waals surface area contributed by atoms with Crippen LogP contribution < -0.4 is 0 Å². The Hall–Kier alpha value is -1.56. The number of allylic oxidation sites excluding steroid dienone is 11. The first kappa shape index (κ1) is 14.4. The predicted molar refractivity (Wildman–Crippen MR) is 75.4 cm³/mol. The van der Waals surface area contributed by atoms with Gasteiger partial charge in [0.2, 0.25) is 0 Å². The van der Waals surface area contributed by atoms with Gasteiger partial charge in [0.15, 0.2) is 0 Å². The standard InChI is InChI=1S/C16H22/c1-5-6-7-8-9-10-13-16(4)14-11-12-15(2)3/h5-9,11-14H,1,10H2,2-4H3. The maximum absolute atomic E-state index is 3.61. The van der Waals surface area contributed by atoms with Crippen molar-refractivity contribution in [3.8, 4) is 0 Å². The molecule has 0 aliphatic carbocycles. The van der Waals surface area contributed by atoms with Crippen molar-refractivity contribution in [1.29, 1.82) is 0 Å². The predicted octanol–water partition coefficient (Wildman–Crippen LogP) is 5.14. The lowest BCUT2D eigenvalue weighted by molar-refractivity contribution is 1.33. The second-order valence-corrected chi connectivity index (χ2v) is 3.84. The zero-order valence-corrected chi connectivity index (χ0v) is 10.6. The van der Waals surface area contributed by atoms with Gasteiger partial charge in [0.25, 0.3) is 0 Å². The minimum absolute atomic E-state index is 0.965. The Morgan fingerprint density at radius 1 is 1.00 bits per heavy atom. The highest BCUT2D eigenvalue weighted by atomic mass is 13.9. The fraction of sp³-hybridized carbons (Fsp3) is 0.250. The lowest BCUT2D eigenvalue weighted by Gasteiger charge is -1.89. The maximum atomic E-state index is 3.61. The maximum Gasteiger partial charge on any atom is -0.0160 e. The van der Waals surface area contributed by atoms with E-state index in [2.05, 4.69) is 57.7 Å². The van der Waals surface area contributed by atoms with E-state index in [1.165, 1.54) is 11.1 Å². The van der Waals surface area contributed by atoms with Crippen LogP contribution >= 0.6 is 0 Å². The summed E-state index contributed by atoms with van der Waals surface area (Å²) < 4.78 is 0. The molecule has 0 radical (unpaired) electrons. The van der Waals surface area contributed by atoms with Gasteiger partial charge in [-0.05, 0) is 27.2 Å². The topological polar surface area (TPSA) is 0 Å². The van der Waals surface area contributed by atoms with Crippen LogP contribution in [-0.4, -0.2) is 0 Å². The lowest BCUT2D eigenvalue weighted by atomic mass is 10.2. The molecule has 16 heavy (non-hydrogen) atoms. The molecule has 0 atom stereocenters. The second-order valence-electron chi connectivity index (χ2n) is 3.84. The third-order valence-corrected chi connectivity index (χ3v) is 1.86. The Kier molecular flexibility index (Phi) is 9.00. The van der Waals surface area contributed by atoms with Crippen LogP contribution in [0.2, 0.25) is 0 Å². The molecule has 0 bridgehead atoms. The summed E-state index contributed by atoms with van der Waals surface area (Å²) in [7, 11) is 0. The molecule has 0 saturated carbocycles. The quantitative estimate of drug-likeness (QED) is 0.537. The van der Waals surface area contributed by atoms with E-state index in [0.717, 1.165) is 6.42 Å². The molecule has 0 amide bonds. The number of rotatable bonds is 6. The van der Waals surface area contributed by atoms with Gasteiger partial charge in [-0.15, -0.1) is 0 Å². The van der Waals surface area contributed by atoms with Crippen LogP contribution in [0.4, 0.5) is 0 Å². The molecule has 86 valence electrons. The van der Waals surface area contributed by atoms with Crippen molar-refractivity contribution in [3.05, 3.63) is 72.4 Å². The van der Waals surface area contributed by atoms with E-state index in [0.29, 0.717) is 0 Å². The van der Waals surface area contributed by atoms with E-state index in [4.69, 9.17) is 0 Å². The molecular formula is C16H22. The molecule has 0 aromatic carbocycles. The average molecular weight is 214 g/mol. The molecular weight excluding hydrogens is 192 g/mol. The van der Waals surface area contributed by atoms with Crippen LogP contribution in [0.15, 0.2) is 72.4 Å². The number of hydrogen-bond donors (Lipinski definition) is 0. The van der Waals surface area contributed by atoms with Gasteiger partial charge in [0, 0.05) is 0 Å². The van der Waals surface area contributed by atoms with E-state index in [9.17, 15) is 0 Å². The Morgan fingerprint density at radius 2 is 1.75 bits per heavy atom. The third kappa shape index (κ3) is 10.5. The first-order valence-electron chi connectivity index (χ1n) is 5.59. The molecule has 0 aliphatic heterocycles. The van der Waals surface area contributed by atoms with Gasteiger partial charge in [0.1, 0.15) is 0 Å². The van der Waals surface area contributed by atoms with Crippen molar-refractivity contribution in [2.75, 3.05) is 0 Å². The zero-order chi connectivity index (χ0) is 12.2. The zero-order valence-electron chi connectivity index (χ0n) is 10.6. The van der Waals surface area contributed by atoms with E-state index >= 15 is 0 Å². The van der Waals surface area contributed by atoms with Crippen molar-refractivity contribution in [3.63, 3.8) is 0 Å². The van der Waals surface area contributed by atoms with E-state index in [1.807, 2.05) is 18.2 Å². The molecule has 0 heterocycles. The van der Waals surface area contributed by atoms with Gasteiger partial charge in [-0.1, -0.05) is 72.4 Å². The lowest BCUT2D eigenvalue weighted by Crippen LogP contribution is -1.68. The summed E-state index contributed by atoms with van der Waals surface area (Å²) in [5, 5.41) is 0. The molecule has 0 rings (SSSR count). The second kappa shape index (κ2) is 9.97. The van der Waals surface area contributed by atoms with Crippen molar-refractivity contribution in [2.45, 2.75) is 27.2 Å². The number of hydrogen-bond acceptors (Lipinski definition) is 0. The molecule has 0 saturated heterocycles. The summed E-state index contributed by atoms with van der Waals surface area (Å²) >= 11 is 0. The van der Waals surface area contributed by atoms with Gasteiger partial charge in [0.05, 0.1) is 0 Å². The molecule has 0 heteroatoms. The molecule has 0 aromatic heterocycles. The minimum Gasteiger partial charge on any atom is -0.0991 e. The Bertz CT molecular complexity index is 329. The van der Waals surface area contributed by atoms with Crippen LogP contribution in [0.5, 0.6) is 0 Å². The first-order chi connectivity index (χ1) is 7.66. The van der Waals surface area contributed by atoms with E-state index in [1.54, 1.807) is 6.08 Å². The monoisotopic (exact) mass is 214 g/mol. The molecule has 0 unspecified atom stereocenters. The summed E-state index contributed by atoms with van der Waals surface area (Å²) in [4.78, 5) is 0.